The predicted molar refractivity (Wildman–Crippen MR) is 178 cm³/mol. The van der Waals surface area contributed by atoms with Crippen LogP contribution >= 0.6 is 0 Å². The molecule has 15 heteroatoms. The van der Waals surface area contributed by atoms with Gasteiger partial charge in [0, 0.05) is 49.2 Å². The van der Waals surface area contributed by atoms with E-state index < -0.39 is 22.6 Å². The third kappa shape index (κ3) is 12.3. The van der Waals surface area contributed by atoms with Gasteiger partial charge in [0.05, 0.1) is 22.8 Å². The Morgan fingerprint density at radius 2 is 1.57 bits per heavy atom. The smallest absolute Gasteiger partial charge is 0.407 e. The van der Waals surface area contributed by atoms with Crippen LogP contribution in [0.1, 0.15) is 58.1 Å². The normalized spacial score (nSPS) is 10.6. The summed E-state index contributed by atoms with van der Waals surface area (Å²) in [7, 11) is 0. The number of amides is 3. The minimum Gasteiger partial charge on any atom is -0.448 e. The molecule has 1 aromatic heterocycles. The molecule has 1 heterocycles. The van der Waals surface area contributed by atoms with Crippen molar-refractivity contribution in [3.8, 4) is 0 Å². The highest BCUT2D eigenvalue weighted by molar-refractivity contribution is 5.87. The molecule has 0 aliphatic carbocycles. The molecular formula is C31H43N9O6. The van der Waals surface area contributed by atoms with E-state index in [0.29, 0.717) is 31.0 Å². The number of urea groups is 1. The lowest BCUT2D eigenvalue weighted by molar-refractivity contribution is -0.384. The van der Waals surface area contributed by atoms with Gasteiger partial charge in [-0.15, -0.1) is 0 Å². The van der Waals surface area contributed by atoms with Gasteiger partial charge in [-0.25, -0.2) is 9.59 Å². The zero-order valence-electron chi connectivity index (χ0n) is 26.4. The van der Waals surface area contributed by atoms with E-state index in [1.807, 2.05) is 45.0 Å². The number of non-ortho nitro benzene ring substituents is 1. The van der Waals surface area contributed by atoms with Crippen molar-refractivity contribution in [2.45, 2.75) is 52.4 Å². The van der Waals surface area contributed by atoms with Gasteiger partial charge >= 0.3 is 12.1 Å². The maximum Gasteiger partial charge on any atom is 0.407 e. The molecule has 0 fully saturated rings. The number of hydrazine groups is 1. The molecule has 0 saturated carbocycles. The number of H-pyrrole nitrogens is 1. The van der Waals surface area contributed by atoms with E-state index >= 15 is 0 Å². The molecule has 248 valence electrons. The Labute approximate surface area is 267 Å². The van der Waals surface area contributed by atoms with Gasteiger partial charge in [0.2, 0.25) is 5.95 Å². The monoisotopic (exact) mass is 637 g/mol. The van der Waals surface area contributed by atoms with Crippen molar-refractivity contribution in [3.63, 3.8) is 0 Å². The lowest BCUT2D eigenvalue weighted by atomic mass is 10.1. The van der Waals surface area contributed by atoms with Crippen LogP contribution in [0.4, 0.5) is 38.3 Å². The summed E-state index contributed by atoms with van der Waals surface area (Å²) < 4.78 is 5.34. The molecule has 3 amide bonds. The number of aromatic nitrogens is 2. The molecule has 0 saturated heterocycles. The molecule has 0 unspecified atom stereocenters. The number of rotatable bonds is 18. The van der Waals surface area contributed by atoms with Crippen molar-refractivity contribution in [2.24, 2.45) is 0 Å². The van der Waals surface area contributed by atoms with Crippen molar-refractivity contribution < 1.29 is 19.2 Å². The molecule has 3 rings (SSSR count). The second-order valence-electron chi connectivity index (χ2n) is 10.7. The Balaban J connectivity index is 1.23. The molecule has 0 aliphatic heterocycles. The summed E-state index contributed by atoms with van der Waals surface area (Å²) in [6.07, 6.45) is 2.86. The molecule has 15 nitrogen and oxygen atoms in total. The van der Waals surface area contributed by atoms with Crippen LogP contribution in [0, 0.1) is 10.1 Å². The summed E-state index contributed by atoms with van der Waals surface area (Å²) in [5.74, 6) is 0.221. The third-order valence-corrected chi connectivity index (χ3v) is 6.91. The fourth-order valence-corrected chi connectivity index (χ4v) is 4.33. The number of alkyl carbamates (subject to hydrolysis) is 1. The van der Waals surface area contributed by atoms with Crippen molar-refractivity contribution in [1.82, 2.24) is 20.6 Å². The highest BCUT2D eigenvalue weighted by Crippen LogP contribution is 2.19. The van der Waals surface area contributed by atoms with Crippen molar-refractivity contribution in [1.29, 1.82) is 0 Å². The number of ether oxygens (including phenoxy) is 1. The summed E-state index contributed by atoms with van der Waals surface area (Å²) in [6.45, 7) is 8.37. The summed E-state index contributed by atoms with van der Waals surface area (Å²) in [4.78, 5) is 55.0. The number of likely N-dealkylation sites (N-methyl/N-ethyl adjacent to an activating group) is 1. The molecule has 0 atom stereocenters. The number of benzene rings is 2. The molecule has 6 N–H and O–H groups in total. The standard InChI is InChI=1S/C31H43N9O6/c1-4-39(25-13-9-23(10-14-25)37-38-24-11-15-26(16-12-24)40(44)45)19-20-46-31(43)33-18-8-6-5-7-17-32-30(42)36-29-34-27(22(2)3)21-28(41)35-29/h9-16,21-22,37-38H,4-8,17-20H2,1-3H3,(H,33,43)(H3,32,34,35,36,41,42). The summed E-state index contributed by atoms with van der Waals surface area (Å²) in [5.41, 5.74) is 8.87. The van der Waals surface area contributed by atoms with E-state index in [1.165, 1.54) is 18.2 Å². The molecule has 2 aromatic carbocycles. The number of hydrogen-bond acceptors (Lipinski definition) is 10. The largest absolute Gasteiger partial charge is 0.448 e. The summed E-state index contributed by atoms with van der Waals surface area (Å²) in [6, 6.07) is 14.8. The second-order valence-corrected chi connectivity index (χ2v) is 10.7. The summed E-state index contributed by atoms with van der Waals surface area (Å²) >= 11 is 0. The minimum atomic E-state index is -0.459. The lowest BCUT2D eigenvalue weighted by Gasteiger charge is -2.23. The fourth-order valence-electron chi connectivity index (χ4n) is 4.33. The molecular weight excluding hydrogens is 594 g/mol. The zero-order valence-corrected chi connectivity index (χ0v) is 26.4. The average Bonchev–Trinajstić information content (AvgIpc) is 3.03. The van der Waals surface area contributed by atoms with Crippen LogP contribution < -0.4 is 37.3 Å². The maximum atomic E-state index is 12.1. The second kappa shape index (κ2) is 18.5. The highest BCUT2D eigenvalue weighted by atomic mass is 16.6. The van der Waals surface area contributed by atoms with Gasteiger partial charge in [0.1, 0.15) is 6.61 Å². The maximum absolute atomic E-state index is 12.1. The molecule has 0 bridgehead atoms. The van der Waals surface area contributed by atoms with Crippen LogP contribution in [0.15, 0.2) is 59.4 Å². The first kappa shape index (κ1) is 35.1. The Kier molecular flexibility index (Phi) is 14.1. The zero-order chi connectivity index (χ0) is 33.3. The SMILES string of the molecule is CCN(CCOC(=O)NCCCCCCNC(=O)Nc1nc(=O)cc(C(C)C)[nH]1)c1ccc(NNc2ccc([N+](=O)[O-])cc2)cc1. The number of carbonyl (C=O) groups is 2. The molecule has 46 heavy (non-hydrogen) atoms. The van der Waals surface area contributed by atoms with E-state index in [-0.39, 0.29) is 24.2 Å². The number of carbonyl (C=O) groups excluding carboxylic acids is 2. The lowest BCUT2D eigenvalue weighted by Crippen LogP contribution is -2.31. The Bertz CT molecular complexity index is 1460. The van der Waals surface area contributed by atoms with Gasteiger partial charge in [0.15, 0.2) is 0 Å². The number of nitrogens with zero attached hydrogens (tertiary/aromatic N) is 3. The Morgan fingerprint density at radius 3 is 2.15 bits per heavy atom. The van der Waals surface area contributed by atoms with E-state index in [2.05, 4.69) is 41.7 Å². The number of aromatic amines is 1. The first-order valence-electron chi connectivity index (χ1n) is 15.3. The Hall–Kier alpha value is -5.34. The van der Waals surface area contributed by atoms with Crippen LogP contribution in [-0.4, -0.2) is 59.8 Å². The molecule has 0 radical (unpaired) electrons. The number of anilines is 4. The minimum absolute atomic E-state index is 0.0286. The van der Waals surface area contributed by atoms with Crippen LogP contribution in [-0.2, 0) is 4.74 Å². The first-order valence-corrected chi connectivity index (χ1v) is 15.3. The van der Waals surface area contributed by atoms with Crippen molar-refractivity contribution in [2.75, 3.05) is 53.9 Å². The quantitative estimate of drug-likeness (QED) is 0.0615. The molecule has 0 aliphatic rings. The van der Waals surface area contributed by atoms with Crippen LogP contribution in [0.25, 0.3) is 0 Å². The van der Waals surface area contributed by atoms with Gasteiger partial charge < -0.3 is 36.1 Å². The summed E-state index contributed by atoms with van der Waals surface area (Å²) in [5, 5.41) is 18.9. The predicted octanol–water partition coefficient (Wildman–Crippen LogP) is 5.18. The molecule has 0 spiro atoms. The van der Waals surface area contributed by atoms with Crippen LogP contribution in [0.5, 0.6) is 0 Å². The number of nitro benzene ring substituents is 1. The van der Waals surface area contributed by atoms with Gasteiger partial charge in [-0.05, 0) is 62.1 Å². The van der Waals surface area contributed by atoms with Crippen LogP contribution in [0.2, 0.25) is 0 Å². The van der Waals surface area contributed by atoms with Gasteiger partial charge in [-0.2, -0.15) is 4.98 Å². The van der Waals surface area contributed by atoms with E-state index in [9.17, 15) is 24.5 Å². The first-order chi connectivity index (χ1) is 22.1. The molecule has 3 aromatic rings. The van der Waals surface area contributed by atoms with Gasteiger partial charge in [-0.1, -0.05) is 26.7 Å². The van der Waals surface area contributed by atoms with E-state index in [0.717, 1.165) is 43.6 Å². The highest BCUT2D eigenvalue weighted by Gasteiger charge is 2.09. The fraction of sp³-hybridized carbons (Fsp3) is 0.419. The topological polar surface area (TPSA) is 196 Å². The third-order valence-electron chi connectivity index (χ3n) is 6.91. The van der Waals surface area contributed by atoms with E-state index in [4.69, 9.17) is 4.74 Å². The van der Waals surface area contributed by atoms with E-state index in [1.54, 1.807) is 12.1 Å². The van der Waals surface area contributed by atoms with Gasteiger partial charge in [-0.3, -0.25) is 20.2 Å². The van der Waals surface area contributed by atoms with Crippen molar-refractivity contribution in [3.05, 3.63) is 80.8 Å². The number of nitro groups is 1. The van der Waals surface area contributed by atoms with Gasteiger partial charge in [0.25, 0.3) is 11.2 Å². The number of unbranched alkanes of at least 4 members (excludes halogenated alkanes) is 3. The number of nitrogens with one attached hydrogen (secondary N) is 6. The van der Waals surface area contributed by atoms with Crippen molar-refractivity contribution >= 4 is 40.8 Å². The number of hydrogen-bond donors (Lipinski definition) is 6. The Morgan fingerprint density at radius 1 is 0.957 bits per heavy atom. The van der Waals surface area contributed by atoms with Crippen LogP contribution in [0.3, 0.4) is 0 Å². The average molecular weight is 638 g/mol.